The number of carbonyl (C=O) groups excluding carboxylic acids is 1. The fourth-order valence-corrected chi connectivity index (χ4v) is 3.53. The van der Waals surface area contributed by atoms with E-state index in [9.17, 15) is 4.79 Å². The largest absolute Gasteiger partial charge is 0.355 e. The molecule has 2 heterocycles. The minimum absolute atomic E-state index is 0.214. The number of carbonyl (C=O) groups is 1. The zero-order valence-electron chi connectivity index (χ0n) is 10.3. The van der Waals surface area contributed by atoms with Crippen LogP contribution in [0.2, 0.25) is 0 Å². The highest BCUT2D eigenvalue weighted by atomic mass is 32.2. The first kappa shape index (κ1) is 13.0. The first-order chi connectivity index (χ1) is 8.36. The number of hydrogen-bond acceptors (Lipinski definition) is 3. The molecule has 0 aliphatic carbocycles. The molecule has 0 radical (unpaired) electrons. The summed E-state index contributed by atoms with van der Waals surface area (Å²) in [5.41, 5.74) is 1.49. The monoisotopic (exact) mass is 254 g/mol. The minimum atomic E-state index is 0.214. The smallest absolute Gasteiger partial charge is 0.233 e. The summed E-state index contributed by atoms with van der Waals surface area (Å²) in [6.45, 7) is 2.88. The van der Waals surface area contributed by atoms with Crippen molar-refractivity contribution in [2.24, 2.45) is 0 Å². The van der Waals surface area contributed by atoms with E-state index < -0.39 is 0 Å². The Balaban J connectivity index is 1.63. The summed E-state index contributed by atoms with van der Waals surface area (Å²) in [4.78, 5) is 11.9. The zero-order chi connectivity index (χ0) is 11.9. The predicted octanol–water partition coefficient (Wildman–Crippen LogP) is 1.70. The van der Waals surface area contributed by atoms with E-state index in [4.69, 9.17) is 0 Å². The third-order valence-electron chi connectivity index (χ3n) is 3.38. The molecular formula is C13H22N2OS. The molecule has 2 N–H and O–H groups in total. The van der Waals surface area contributed by atoms with E-state index >= 15 is 0 Å². The summed E-state index contributed by atoms with van der Waals surface area (Å²) >= 11 is 1.82. The van der Waals surface area contributed by atoms with Crippen LogP contribution in [0.15, 0.2) is 11.6 Å². The Morgan fingerprint density at radius 3 is 3.18 bits per heavy atom. The fraction of sp³-hybridized carbons (Fsp3) is 0.769. The molecule has 2 rings (SSSR count). The highest BCUT2D eigenvalue weighted by Crippen LogP contribution is 2.24. The van der Waals surface area contributed by atoms with Crippen molar-refractivity contribution in [1.82, 2.24) is 10.6 Å². The number of amides is 1. The molecule has 4 heteroatoms. The molecule has 0 saturated carbocycles. The van der Waals surface area contributed by atoms with Crippen LogP contribution in [0.1, 0.15) is 32.1 Å². The molecule has 96 valence electrons. The van der Waals surface area contributed by atoms with Gasteiger partial charge in [-0.05, 0) is 38.0 Å². The molecule has 1 atom stereocenters. The molecule has 1 unspecified atom stereocenters. The quantitative estimate of drug-likeness (QED) is 0.750. The second-order valence-electron chi connectivity index (χ2n) is 4.71. The highest BCUT2D eigenvalue weighted by Gasteiger charge is 2.21. The molecule has 0 aromatic heterocycles. The molecular weight excluding hydrogens is 232 g/mol. The summed E-state index contributed by atoms with van der Waals surface area (Å²) in [5, 5.41) is 6.59. The zero-order valence-corrected chi connectivity index (χ0v) is 11.2. The van der Waals surface area contributed by atoms with Crippen molar-refractivity contribution >= 4 is 17.7 Å². The molecule has 1 amide bonds. The Morgan fingerprint density at radius 2 is 2.47 bits per heavy atom. The van der Waals surface area contributed by atoms with Gasteiger partial charge in [-0.15, -0.1) is 11.8 Å². The SMILES string of the molecule is O=C(NCCC1=CCNCC1)C1CCCCS1. The number of hydrogen-bond donors (Lipinski definition) is 2. The van der Waals surface area contributed by atoms with Crippen LogP contribution in [0, 0.1) is 0 Å². The fourth-order valence-electron chi connectivity index (χ4n) is 2.30. The average Bonchev–Trinajstić information content (AvgIpc) is 2.41. The summed E-state index contributed by atoms with van der Waals surface area (Å²) in [6, 6.07) is 0. The number of thioether (sulfide) groups is 1. The van der Waals surface area contributed by atoms with Gasteiger partial charge in [-0.2, -0.15) is 0 Å². The summed E-state index contributed by atoms with van der Waals surface area (Å²) in [6.07, 6.45) is 7.95. The van der Waals surface area contributed by atoms with Gasteiger partial charge in [0.1, 0.15) is 0 Å². The molecule has 1 fully saturated rings. The van der Waals surface area contributed by atoms with Gasteiger partial charge in [0.15, 0.2) is 0 Å². The van der Waals surface area contributed by atoms with Gasteiger partial charge in [0.05, 0.1) is 5.25 Å². The van der Waals surface area contributed by atoms with Crippen LogP contribution in [0.3, 0.4) is 0 Å². The first-order valence-electron chi connectivity index (χ1n) is 6.64. The van der Waals surface area contributed by atoms with Crippen LogP contribution < -0.4 is 10.6 Å². The van der Waals surface area contributed by atoms with Crippen molar-refractivity contribution in [2.75, 3.05) is 25.4 Å². The van der Waals surface area contributed by atoms with Gasteiger partial charge >= 0.3 is 0 Å². The second kappa shape index (κ2) is 7.07. The lowest BCUT2D eigenvalue weighted by molar-refractivity contribution is -0.120. The maximum absolute atomic E-state index is 11.9. The first-order valence-corrected chi connectivity index (χ1v) is 7.69. The van der Waals surface area contributed by atoms with Crippen molar-refractivity contribution in [1.29, 1.82) is 0 Å². The Hall–Kier alpha value is -0.480. The Bertz CT molecular complexity index is 285. The van der Waals surface area contributed by atoms with Crippen LogP contribution in [0.5, 0.6) is 0 Å². The molecule has 1 saturated heterocycles. The number of nitrogens with one attached hydrogen (secondary N) is 2. The molecule has 0 aromatic rings. The van der Waals surface area contributed by atoms with Crippen LogP contribution in [-0.2, 0) is 4.79 Å². The van der Waals surface area contributed by atoms with Crippen molar-refractivity contribution in [2.45, 2.75) is 37.4 Å². The maximum Gasteiger partial charge on any atom is 0.233 e. The molecule has 3 nitrogen and oxygen atoms in total. The Labute approximate surface area is 108 Å². The minimum Gasteiger partial charge on any atom is -0.355 e. The molecule has 2 aliphatic rings. The van der Waals surface area contributed by atoms with Gasteiger partial charge in [0.25, 0.3) is 0 Å². The lowest BCUT2D eigenvalue weighted by Gasteiger charge is -2.21. The lowest BCUT2D eigenvalue weighted by atomic mass is 10.1. The van der Waals surface area contributed by atoms with Gasteiger partial charge in [-0.3, -0.25) is 4.79 Å². The second-order valence-corrected chi connectivity index (χ2v) is 6.02. The topological polar surface area (TPSA) is 41.1 Å². The van der Waals surface area contributed by atoms with Crippen LogP contribution in [0.25, 0.3) is 0 Å². The molecule has 0 spiro atoms. The van der Waals surface area contributed by atoms with Gasteiger partial charge in [0.2, 0.25) is 5.91 Å². The molecule has 0 aromatic carbocycles. The lowest BCUT2D eigenvalue weighted by Crippen LogP contribution is -2.35. The normalized spacial score (nSPS) is 25.2. The third-order valence-corrected chi connectivity index (χ3v) is 4.75. The van der Waals surface area contributed by atoms with Crippen molar-refractivity contribution in [3.8, 4) is 0 Å². The Kier molecular flexibility index (Phi) is 5.39. The van der Waals surface area contributed by atoms with E-state index in [0.29, 0.717) is 0 Å². The van der Waals surface area contributed by atoms with Crippen LogP contribution in [0.4, 0.5) is 0 Å². The van der Waals surface area contributed by atoms with E-state index in [1.165, 1.54) is 18.4 Å². The van der Waals surface area contributed by atoms with Gasteiger partial charge < -0.3 is 10.6 Å². The molecule has 0 bridgehead atoms. The third kappa shape index (κ3) is 4.36. The van der Waals surface area contributed by atoms with E-state index in [0.717, 1.165) is 44.6 Å². The van der Waals surface area contributed by atoms with E-state index in [-0.39, 0.29) is 11.2 Å². The van der Waals surface area contributed by atoms with E-state index in [2.05, 4.69) is 16.7 Å². The molecule has 17 heavy (non-hydrogen) atoms. The van der Waals surface area contributed by atoms with E-state index in [1.54, 1.807) is 0 Å². The standard InChI is InChI=1S/C13H22N2OS/c16-13(12-3-1-2-10-17-12)15-9-6-11-4-7-14-8-5-11/h4,12,14H,1-3,5-10H2,(H,15,16). The maximum atomic E-state index is 11.9. The highest BCUT2D eigenvalue weighted by molar-refractivity contribution is 8.00. The summed E-state index contributed by atoms with van der Waals surface area (Å²) < 4.78 is 0. The van der Waals surface area contributed by atoms with Gasteiger partial charge in [-0.25, -0.2) is 0 Å². The summed E-state index contributed by atoms with van der Waals surface area (Å²) in [5.74, 6) is 1.40. The van der Waals surface area contributed by atoms with Crippen molar-refractivity contribution in [3.63, 3.8) is 0 Å². The number of rotatable bonds is 4. The average molecular weight is 254 g/mol. The van der Waals surface area contributed by atoms with Crippen LogP contribution >= 0.6 is 11.8 Å². The van der Waals surface area contributed by atoms with Crippen molar-refractivity contribution in [3.05, 3.63) is 11.6 Å². The van der Waals surface area contributed by atoms with Gasteiger partial charge in [-0.1, -0.05) is 18.1 Å². The summed E-state index contributed by atoms with van der Waals surface area (Å²) in [7, 11) is 0. The van der Waals surface area contributed by atoms with Crippen molar-refractivity contribution < 1.29 is 4.79 Å². The van der Waals surface area contributed by atoms with Gasteiger partial charge in [0, 0.05) is 13.1 Å². The predicted molar refractivity (Wildman–Crippen MR) is 73.3 cm³/mol. The van der Waals surface area contributed by atoms with Crippen LogP contribution in [-0.4, -0.2) is 36.5 Å². The van der Waals surface area contributed by atoms with E-state index in [1.807, 2.05) is 11.8 Å². The Morgan fingerprint density at radius 1 is 1.53 bits per heavy atom. The molecule has 2 aliphatic heterocycles.